The minimum absolute atomic E-state index is 0.331. The van der Waals surface area contributed by atoms with Crippen molar-refractivity contribution in [2.24, 2.45) is 0 Å². The van der Waals surface area contributed by atoms with Crippen molar-refractivity contribution in [3.63, 3.8) is 0 Å². The molecular weight excluding hydrogens is 356 g/mol. The molecular formula is C23H24O5. The van der Waals surface area contributed by atoms with Crippen molar-refractivity contribution in [3.8, 4) is 5.75 Å². The molecule has 3 aromatic rings. The molecule has 28 heavy (non-hydrogen) atoms. The molecule has 0 unspecified atom stereocenters. The second-order valence-electron chi connectivity index (χ2n) is 5.72. The van der Waals surface area contributed by atoms with Gasteiger partial charge >= 0.3 is 11.9 Å². The van der Waals surface area contributed by atoms with Crippen LogP contribution >= 0.6 is 0 Å². The van der Waals surface area contributed by atoms with Crippen LogP contribution in [0.3, 0.4) is 0 Å². The number of hydrogen-bond acceptors (Lipinski definition) is 3. The van der Waals surface area contributed by atoms with Crippen LogP contribution in [0.5, 0.6) is 5.75 Å². The highest BCUT2D eigenvalue weighted by Crippen LogP contribution is 2.16. The zero-order valence-corrected chi connectivity index (χ0v) is 15.7. The normalized spacial score (nSPS) is 9.18. The third-order valence-corrected chi connectivity index (χ3v) is 3.55. The molecule has 0 fully saturated rings. The third-order valence-electron chi connectivity index (χ3n) is 3.55. The number of para-hydroxylation sites is 1. The van der Waals surface area contributed by atoms with Gasteiger partial charge in [0, 0.05) is 0 Å². The Kier molecular flexibility index (Phi) is 10.2. The van der Waals surface area contributed by atoms with Gasteiger partial charge in [-0.05, 0) is 42.3 Å². The maximum atomic E-state index is 10.2. The van der Waals surface area contributed by atoms with Crippen molar-refractivity contribution in [3.05, 3.63) is 102 Å². The predicted octanol–water partition coefficient (Wildman–Crippen LogP) is 5.11. The first-order valence-corrected chi connectivity index (χ1v) is 8.79. The summed E-state index contributed by atoms with van der Waals surface area (Å²) in [6.07, 6.45) is 2.05. The van der Waals surface area contributed by atoms with E-state index in [9.17, 15) is 14.7 Å². The lowest BCUT2D eigenvalue weighted by Crippen LogP contribution is -1.93. The van der Waals surface area contributed by atoms with Gasteiger partial charge in [0.2, 0.25) is 0 Å². The summed E-state index contributed by atoms with van der Waals surface area (Å²) in [5, 5.41) is 26.0. The Morgan fingerprint density at radius 3 is 1.39 bits per heavy atom. The van der Waals surface area contributed by atoms with E-state index in [1.54, 1.807) is 66.7 Å². The molecule has 0 aliphatic heterocycles. The molecule has 0 atom stereocenters. The Morgan fingerprint density at radius 1 is 0.679 bits per heavy atom. The average molecular weight is 380 g/mol. The van der Waals surface area contributed by atoms with Crippen LogP contribution in [0, 0.1) is 0 Å². The fourth-order valence-electron chi connectivity index (χ4n) is 2.15. The van der Waals surface area contributed by atoms with Crippen molar-refractivity contribution >= 4 is 11.9 Å². The van der Waals surface area contributed by atoms with Gasteiger partial charge in [-0.3, -0.25) is 0 Å². The molecule has 5 nitrogen and oxygen atoms in total. The molecule has 146 valence electrons. The molecule has 0 heterocycles. The van der Waals surface area contributed by atoms with E-state index in [1.807, 2.05) is 18.2 Å². The molecule has 3 rings (SSSR count). The average Bonchev–Trinajstić information content (AvgIpc) is 2.72. The number of phenolic OH excluding ortho intramolecular Hbond substituents is 1. The van der Waals surface area contributed by atoms with Gasteiger partial charge in [0.05, 0.1) is 11.1 Å². The van der Waals surface area contributed by atoms with Gasteiger partial charge in [-0.25, -0.2) is 9.59 Å². The van der Waals surface area contributed by atoms with Gasteiger partial charge in [0.15, 0.2) is 0 Å². The highest BCUT2D eigenvalue weighted by molar-refractivity contribution is 5.87. The van der Waals surface area contributed by atoms with E-state index in [0.29, 0.717) is 16.9 Å². The number of hydrogen-bond donors (Lipinski definition) is 3. The summed E-state index contributed by atoms with van der Waals surface area (Å²) in [6.45, 7) is 2.10. The van der Waals surface area contributed by atoms with Crippen molar-refractivity contribution in [1.82, 2.24) is 0 Å². The van der Waals surface area contributed by atoms with Crippen molar-refractivity contribution in [2.45, 2.75) is 19.8 Å². The minimum atomic E-state index is -0.879. The van der Waals surface area contributed by atoms with E-state index in [4.69, 9.17) is 10.2 Å². The summed E-state index contributed by atoms with van der Waals surface area (Å²) < 4.78 is 0. The molecule has 0 saturated heterocycles. The van der Waals surface area contributed by atoms with E-state index >= 15 is 0 Å². The number of carboxylic acid groups (broad SMARTS) is 2. The molecule has 0 aliphatic rings. The molecule has 0 bridgehead atoms. The van der Waals surface area contributed by atoms with Crippen LogP contribution in [-0.4, -0.2) is 27.3 Å². The molecule has 0 radical (unpaired) electrons. The second kappa shape index (κ2) is 12.7. The van der Waals surface area contributed by atoms with Crippen LogP contribution in [0.25, 0.3) is 0 Å². The highest BCUT2D eigenvalue weighted by atomic mass is 16.4. The molecule has 3 aromatic carbocycles. The fraction of sp³-hybridized carbons (Fsp3) is 0.130. The SMILES string of the molecule is CCCc1ccccc1O.O=C(O)c1ccccc1.O=C(O)c1ccccc1. The molecule has 0 aliphatic carbocycles. The first-order chi connectivity index (χ1) is 13.5. The van der Waals surface area contributed by atoms with Crippen molar-refractivity contribution in [2.75, 3.05) is 0 Å². The Morgan fingerprint density at radius 2 is 1.07 bits per heavy atom. The predicted molar refractivity (Wildman–Crippen MR) is 109 cm³/mol. The molecule has 0 saturated carbocycles. The summed E-state index contributed by atoms with van der Waals surface area (Å²) in [7, 11) is 0. The van der Waals surface area contributed by atoms with E-state index in [2.05, 4.69) is 6.92 Å². The lowest BCUT2D eigenvalue weighted by molar-refractivity contribution is 0.0686. The number of aromatic carboxylic acids is 2. The Labute approximate surface area is 164 Å². The summed E-state index contributed by atoms with van der Waals surface area (Å²) in [4.78, 5) is 20.4. The topological polar surface area (TPSA) is 94.8 Å². The third kappa shape index (κ3) is 8.67. The number of aryl methyl sites for hydroxylation is 1. The Balaban J connectivity index is 0.000000210. The van der Waals surface area contributed by atoms with E-state index < -0.39 is 11.9 Å². The number of aromatic hydroxyl groups is 1. The smallest absolute Gasteiger partial charge is 0.335 e. The first-order valence-electron chi connectivity index (χ1n) is 8.79. The highest BCUT2D eigenvalue weighted by Gasteiger charge is 1.97. The first kappa shape index (κ1) is 22.4. The van der Waals surface area contributed by atoms with Crippen LogP contribution in [0.1, 0.15) is 39.6 Å². The molecule has 5 heteroatoms. The van der Waals surface area contributed by atoms with Crippen LogP contribution in [-0.2, 0) is 6.42 Å². The number of carboxylic acids is 2. The van der Waals surface area contributed by atoms with Gasteiger partial charge in [-0.1, -0.05) is 67.9 Å². The monoisotopic (exact) mass is 380 g/mol. The largest absolute Gasteiger partial charge is 0.508 e. The van der Waals surface area contributed by atoms with Gasteiger partial charge in [-0.2, -0.15) is 0 Å². The minimum Gasteiger partial charge on any atom is -0.508 e. The zero-order valence-electron chi connectivity index (χ0n) is 15.7. The standard InChI is InChI=1S/C9H12O.2C7H6O2/c1-2-5-8-6-3-4-7-9(8)10;2*8-7(9)6-4-2-1-3-5-6/h3-4,6-7,10H,2,5H2,1H3;2*1-5H,(H,8,9). The van der Waals surface area contributed by atoms with Gasteiger partial charge in [0.25, 0.3) is 0 Å². The maximum absolute atomic E-state index is 10.2. The van der Waals surface area contributed by atoms with Crippen molar-refractivity contribution in [1.29, 1.82) is 0 Å². The maximum Gasteiger partial charge on any atom is 0.335 e. The summed E-state index contributed by atoms with van der Waals surface area (Å²) in [5.74, 6) is -1.34. The van der Waals surface area contributed by atoms with Gasteiger partial charge < -0.3 is 15.3 Å². The van der Waals surface area contributed by atoms with E-state index in [1.165, 1.54) is 0 Å². The van der Waals surface area contributed by atoms with Crippen LogP contribution in [0.4, 0.5) is 0 Å². The molecule has 3 N–H and O–H groups in total. The lowest BCUT2D eigenvalue weighted by Gasteiger charge is -1.99. The molecule has 0 aromatic heterocycles. The van der Waals surface area contributed by atoms with Crippen LogP contribution in [0.2, 0.25) is 0 Å². The Hall–Kier alpha value is -3.60. The fourth-order valence-corrected chi connectivity index (χ4v) is 2.15. The van der Waals surface area contributed by atoms with E-state index in [0.717, 1.165) is 18.4 Å². The van der Waals surface area contributed by atoms with Crippen LogP contribution < -0.4 is 0 Å². The summed E-state index contributed by atoms with van der Waals surface area (Å²) in [6, 6.07) is 24.1. The van der Waals surface area contributed by atoms with Gasteiger partial charge in [-0.15, -0.1) is 0 Å². The van der Waals surface area contributed by atoms with E-state index in [-0.39, 0.29) is 0 Å². The number of rotatable bonds is 4. The molecule has 0 amide bonds. The van der Waals surface area contributed by atoms with Gasteiger partial charge in [0.1, 0.15) is 5.75 Å². The number of carbonyl (C=O) groups is 2. The second-order valence-corrected chi connectivity index (χ2v) is 5.72. The Bertz CT molecular complexity index is 796. The number of benzene rings is 3. The summed E-state index contributed by atoms with van der Waals surface area (Å²) in [5.41, 5.74) is 1.71. The summed E-state index contributed by atoms with van der Waals surface area (Å²) >= 11 is 0. The quantitative estimate of drug-likeness (QED) is 0.584. The molecule has 0 spiro atoms. The van der Waals surface area contributed by atoms with Crippen LogP contribution in [0.15, 0.2) is 84.9 Å². The lowest BCUT2D eigenvalue weighted by atomic mass is 10.1. The van der Waals surface area contributed by atoms with Crippen molar-refractivity contribution < 1.29 is 24.9 Å². The number of phenols is 1. The zero-order chi connectivity index (χ0) is 20.8.